The van der Waals surface area contributed by atoms with Crippen molar-refractivity contribution in [2.75, 3.05) is 20.8 Å². The van der Waals surface area contributed by atoms with Crippen molar-refractivity contribution < 1.29 is 67.6 Å². The maximum Gasteiger partial charge on any atom is 0.316 e. The second-order valence-electron chi connectivity index (χ2n) is 20.3. The molecule has 0 amide bonds. The minimum absolute atomic E-state index is 0.0205. The molecule has 364 valence electrons. The Bertz CT molecular complexity index is 1830. The third kappa shape index (κ3) is 10.1. The first-order valence-electron chi connectivity index (χ1n) is 24.4. The van der Waals surface area contributed by atoms with Crippen LogP contribution in [0.1, 0.15) is 119 Å². The quantitative estimate of drug-likeness (QED) is 0.107. The number of oxime groups is 1. The average molecular weight is 914 g/mol. The zero-order chi connectivity index (χ0) is 46.2. The number of rotatable bonds is 7. The summed E-state index contributed by atoms with van der Waals surface area (Å²) in [5, 5.41) is 36.8. The second-order valence-corrected chi connectivity index (χ2v) is 20.3. The third-order valence-corrected chi connectivity index (χ3v) is 15.8. The van der Waals surface area contributed by atoms with Crippen molar-refractivity contribution in [1.82, 2.24) is 0 Å². The molecule has 18 atom stereocenters. The molecule has 0 radical (unpaired) electrons. The van der Waals surface area contributed by atoms with Gasteiger partial charge < -0.3 is 62.8 Å². The van der Waals surface area contributed by atoms with Crippen LogP contribution in [0.25, 0.3) is 0 Å². The molecule has 0 aromatic rings. The third-order valence-electron chi connectivity index (χ3n) is 15.8. The Hall–Kier alpha value is -2.54. The molecule has 8 rings (SSSR count). The molecule has 15 nitrogen and oxygen atoms in total. The molecule has 0 aromatic carbocycles. The lowest BCUT2D eigenvalue weighted by atomic mass is 9.71. The number of esters is 1. The first-order chi connectivity index (χ1) is 31.2. The Balaban J connectivity index is 1.09. The predicted molar refractivity (Wildman–Crippen MR) is 238 cm³/mol. The normalized spacial score (nSPS) is 48.4. The van der Waals surface area contributed by atoms with Gasteiger partial charge in [0.15, 0.2) is 18.4 Å². The molecular weight excluding hydrogens is 839 g/mol. The highest BCUT2D eigenvalue weighted by Gasteiger charge is 2.60. The fourth-order valence-electron chi connectivity index (χ4n) is 12.1. The molecule has 0 aromatic heterocycles. The van der Waals surface area contributed by atoms with E-state index in [-0.39, 0.29) is 36.5 Å². The second kappa shape index (κ2) is 20.6. The molecule has 1 spiro atoms. The van der Waals surface area contributed by atoms with Crippen LogP contribution in [0.4, 0.5) is 0 Å². The monoisotopic (exact) mass is 914 g/mol. The first kappa shape index (κ1) is 48.9. The number of hydrogen-bond donors (Lipinski definition) is 3. The Labute approximate surface area is 384 Å². The molecule has 6 aliphatic heterocycles. The average Bonchev–Trinajstić information content (AvgIpc) is 3.62. The molecule has 8 aliphatic rings. The Kier molecular flexibility index (Phi) is 15.5. The van der Waals surface area contributed by atoms with Gasteiger partial charge >= 0.3 is 5.97 Å². The van der Waals surface area contributed by atoms with Crippen LogP contribution in [0.5, 0.6) is 0 Å². The highest BCUT2D eigenvalue weighted by atomic mass is 16.7. The molecule has 65 heavy (non-hydrogen) atoms. The van der Waals surface area contributed by atoms with Gasteiger partial charge in [-0.05, 0) is 81.9 Å². The van der Waals surface area contributed by atoms with Crippen LogP contribution in [-0.4, -0.2) is 139 Å². The van der Waals surface area contributed by atoms with Crippen molar-refractivity contribution in [1.29, 1.82) is 0 Å². The van der Waals surface area contributed by atoms with Crippen molar-refractivity contribution in [3.05, 3.63) is 47.1 Å². The maximum absolute atomic E-state index is 14.5. The summed E-state index contributed by atoms with van der Waals surface area (Å²) in [5.74, 6) is -1.95. The van der Waals surface area contributed by atoms with Gasteiger partial charge in [0.05, 0.1) is 49.3 Å². The van der Waals surface area contributed by atoms with Crippen LogP contribution in [-0.2, 0) is 52.2 Å². The zero-order valence-electron chi connectivity index (χ0n) is 39.7. The van der Waals surface area contributed by atoms with Gasteiger partial charge in [-0.15, -0.1) is 0 Å². The molecule has 1 unspecified atom stereocenters. The molecule has 15 heteroatoms. The number of aliphatic hydroxyl groups excluding tert-OH is 1. The molecule has 2 aliphatic carbocycles. The number of nitrogens with zero attached hydrogens (tertiary/aromatic N) is 1. The standard InChI is InChI=1S/C50H75NO14/c1-27-13-12-16-34-26-58-47-42(51-55)30(4)21-37(50(34,47)54)48(53)61-36-22-35(64-49(25-36)20-19-29(3)45(65-49)33-14-10-9-11-15-33)18-17-28(2)44(27)62-41-24-39(57-8)46(32(6)60-41)63-40-23-38(56-7)43(52)31(5)59-40/h12-13,16-17,21,27,29,31-33,35-41,43-47,52,54-55H,9-11,14-15,18-20,22-26H2,1-8H3/b13-12+,28-17+,34-16+,51-42+/t27-,29-,31-,32-,35+,36-,37-,38-,39-,40-,41-,43-,44-,45?,46-,47+,49+,50+/m0/s1. The Morgan fingerprint density at radius 1 is 0.877 bits per heavy atom. The van der Waals surface area contributed by atoms with E-state index in [9.17, 15) is 20.2 Å². The summed E-state index contributed by atoms with van der Waals surface area (Å²) in [6, 6.07) is 0. The highest BCUT2D eigenvalue weighted by molar-refractivity contribution is 6.06. The van der Waals surface area contributed by atoms with Crippen molar-refractivity contribution in [3.8, 4) is 0 Å². The Morgan fingerprint density at radius 3 is 2.34 bits per heavy atom. The summed E-state index contributed by atoms with van der Waals surface area (Å²) in [6.45, 7) is 11.9. The molecule has 6 fully saturated rings. The lowest BCUT2D eigenvalue weighted by Crippen LogP contribution is -2.57. The fraction of sp³-hybridized carbons (Fsp3) is 0.800. The van der Waals surface area contributed by atoms with E-state index >= 15 is 0 Å². The highest BCUT2D eigenvalue weighted by Crippen LogP contribution is 2.48. The number of carbonyl (C=O) groups excluding carboxylic acids is 1. The van der Waals surface area contributed by atoms with Crippen LogP contribution in [0.2, 0.25) is 0 Å². The maximum atomic E-state index is 14.5. The van der Waals surface area contributed by atoms with Crippen molar-refractivity contribution >= 4 is 11.7 Å². The van der Waals surface area contributed by atoms with E-state index in [2.05, 4.69) is 32.0 Å². The summed E-state index contributed by atoms with van der Waals surface area (Å²) in [5.41, 5.74) is 0.304. The zero-order valence-corrected chi connectivity index (χ0v) is 39.7. The number of ether oxygens (including phenoxy) is 10. The van der Waals surface area contributed by atoms with E-state index in [4.69, 9.17) is 47.4 Å². The molecule has 1 saturated carbocycles. The van der Waals surface area contributed by atoms with Gasteiger partial charge in [-0.2, -0.15) is 0 Å². The van der Waals surface area contributed by atoms with E-state index in [0.29, 0.717) is 61.5 Å². The molecule has 6 heterocycles. The number of hydrogen-bond acceptors (Lipinski definition) is 15. The van der Waals surface area contributed by atoms with Crippen LogP contribution in [0.3, 0.4) is 0 Å². The number of aliphatic hydroxyl groups is 2. The van der Waals surface area contributed by atoms with Crippen LogP contribution in [0.15, 0.2) is 52.3 Å². The van der Waals surface area contributed by atoms with Gasteiger partial charge in [0.1, 0.15) is 41.6 Å². The van der Waals surface area contributed by atoms with E-state index in [1.165, 1.54) is 19.3 Å². The van der Waals surface area contributed by atoms with Gasteiger partial charge in [-0.25, -0.2) is 0 Å². The van der Waals surface area contributed by atoms with Crippen molar-refractivity contribution in [2.24, 2.45) is 28.8 Å². The fourth-order valence-corrected chi connectivity index (χ4v) is 12.1. The van der Waals surface area contributed by atoms with Gasteiger partial charge in [0, 0.05) is 52.2 Å². The predicted octanol–water partition coefficient (Wildman–Crippen LogP) is 6.60. The van der Waals surface area contributed by atoms with Crippen LogP contribution >= 0.6 is 0 Å². The minimum atomic E-state index is -1.86. The number of methoxy groups -OCH3 is 2. The first-order valence-corrected chi connectivity index (χ1v) is 24.4. The molecular formula is C50H75NO14. The summed E-state index contributed by atoms with van der Waals surface area (Å²) in [4.78, 5) is 14.5. The number of allylic oxidation sites excluding steroid dienone is 2. The number of fused-ring (bicyclic) bond motifs is 2. The SMILES string of the molecule is CO[C@H]1C[C@H](O[C@H]2[C@H](C)O[C@@H](O[C@@H]3/C(C)=C/C[C@@H]4C[C@@H](C[C@]5(CC[C@H](C)C(C6CCCCC6)O5)O4)OC(=O)[C@@H]4C=C(C)/C(=N\O)[C@H]5OC/C(=C\C=C\[C@@H]3C)[C@]54O)C[C@@H]2OC)O[C@@H](C)[C@@H]1O. The van der Waals surface area contributed by atoms with Crippen LogP contribution in [0, 0.1) is 23.7 Å². The number of carbonyl (C=O) groups is 1. The van der Waals surface area contributed by atoms with Gasteiger partial charge in [-0.1, -0.05) is 68.6 Å². The topological polar surface area (TPSA) is 182 Å². The molecule has 2 bridgehead atoms. The van der Waals surface area contributed by atoms with Gasteiger partial charge in [-0.3, -0.25) is 4.79 Å². The summed E-state index contributed by atoms with van der Waals surface area (Å²) in [7, 11) is 3.23. The molecule has 3 N–H and O–H groups in total. The van der Waals surface area contributed by atoms with Gasteiger partial charge in [0.2, 0.25) is 0 Å². The minimum Gasteiger partial charge on any atom is -0.462 e. The molecule has 5 saturated heterocycles. The van der Waals surface area contributed by atoms with Crippen molar-refractivity contribution in [2.45, 2.75) is 210 Å². The largest absolute Gasteiger partial charge is 0.462 e. The summed E-state index contributed by atoms with van der Waals surface area (Å²) < 4.78 is 64.5. The Morgan fingerprint density at radius 2 is 1.60 bits per heavy atom. The lowest BCUT2D eigenvalue weighted by molar-refractivity contribution is -0.342. The van der Waals surface area contributed by atoms with Gasteiger partial charge in [0.25, 0.3) is 0 Å². The van der Waals surface area contributed by atoms with E-state index in [1.54, 1.807) is 40.2 Å². The summed E-state index contributed by atoms with van der Waals surface area (Å²) >= 11 is 0. The lowest BCUT2D eigenvalue weighted by Gasteiger charge is -2.51. The van der Waals surface area contributed by atoms with E-state index in [1.807, 2.05) is 19.1 Å². The summed E-state index contributed by atoms with van der Waals surface area (Å²) in [6.07, 6.45) is 12.7. The van der Waals surface area contributed by atoms with E-state index in [0.717, 1.165) is 24.8 Å². The van der Waals surface area contributed by atoms with E-state index < -0.39 is 84.7 Å². The smallest absolute Gasteiger partial charge is 0.316 e. The van der Waals surface area contributed by atoms with Crippen molar-refractivity contribution in [3.63, 3.8) is 0 Å². The van der Waals surface area contributed by atoms with Crippen LogP contribution < -0.4 is 0 Å².